The van der Waals surface area contributed by atoms with Crippen molar-refractivity contribution in [2.75, 3.05) is 18.5 Å². The summed E-state index contributed by atoms with van der Waals surface area (Å²) in [6, 6.07) is 20.7. The Morgan fingerprint density at radius 2 is 1.53 bits per heavy atom. The van der Waals surface area contributed by atoms with Gasteiger partial charge in [0.2, 0.25) is 0 Å². The Bertz CT molecular complexity index is 1200. The highest BCUT2D eigenvalue weighted by Crippen LogP contribution is 2.30. The van der Waals surface area contributed by atoms with E-state index in [1.54, 1.807) is 36.4 Å². The van der Waals surface area contributed by atoms with Crippen LogP contribution in [-0.2, 0) is 11.0 Å². The summed E-state index contributed by atoms with van der Waals surface area (Å²) in [6.07, 6.45) is -4.52. The normalized spacial score (nSPS) is 11.7. The summed E-state index contributed by atoms with van der Waals surface area (Å²) in [5.74, 6) is -0.742. The van der Waals surface area contributed by atoms with E-state index in [0.29, 0.717) is 5.75 Å². The van der Waals surface area contributed by atoms with Crippen LogP contribution in [0.15, 0.2) is 84.4 Å². The molecule has 0 heterocycles. The van der Waals surface area contributed by atoms with E-state index in [2.05, 4.69) is 5.32 Å². The molecule has 0 aliphatic heterocycles. The lowest BCUT2D eigenvalue weighted by Gasteiger charge is -2.13. The number of rotatable bonds is 8. The average Bonchev–Trinajstić information content (AvgIpc) is 2.83. The van der Waals surface area contributed by atoms with Crippen molar-refractivity contribution in [2.24, 2.45) is 0 Å². The molecule has 9 heteroatoms. The summed E-state index contributed by atoms with van der Waals surface area (Å²) in [4.78, 5) is 12.5. The highest BCUT2D eigenvalue weighted by molar-refractivity contribution is 6.11. The van der Waals surface area contributed by atoms with E-state index in [9.17, 15) is 28.3 Å². The van der Waals surface area contributed by atoms with E-state index < -0.39 is 29.0 Å². The summed E-state index contributed by atoms with van der Waals surface area (Å²) in [7, 11) is 0. The monoisotopic (exact) mass is 468 g/mol. The number of anilines is 1. The lowest BCUT2D eigenvalue weighted by Crippen LogP contribution is -2.16. The smallest absolute Gasteiger partial charge is 0.416 e. The van der Waals surface area contributed by atoms with Gasteiger partial charge in [0.25, 0.3) is 5.91 Å². The fourth-order valence-electron chi connectivity index (χ4n) is 2.90. The maximum atomic E-state index is 12.7. The van der Waals surface area contributed by atoms with Crippen molar-refractivity contribution in [3.8, 4) is 17.6 Å². The number of carbonyl (C=O) groups excluding carboxylic acids is 1. The van der Waals surface area contributed by atoms with E-state index >= 15 is 0 Å². The van der Waals surface area contributed by atoms with Crippen LogP contribution >= 0.6 is 0 Å². The number of halogens is 3. The predicted molar refractivity (Wildman–Crippen MR) is 119 cm³/mol. The van der Waals surface area contributed by atoms with Crippen LogP contribution in [0.5, 0.6) is 11.5 Å². The Morgan fingerprint density at radius 3 is 2.18 bits per heavy atom. The molecule has 0 atom stereocenters. The molecule has 34 heavy (non-hydrogen) atoms. The third-order valence-electron chi connectivity index (χ3n) is 4.54. The molecule has 0 saturated carbocycles. The van der Waals surface area contributed by atoms with Gasteiger partial charge in [-0.15, -0.1) is 0 Å². The first-order valence-corrected chi connectivity index (χ1v) is 10.0. The van der Waals surface area contributed by atoms with Crippen LogP contribution in [0.3, 0.4) is 0 Å². The number of aliphatic hydroxyl groups excluding tert-OH is 1. The molecule has 0 radical (unpaired) electrons. The molecule has 0 bridgehead atoms. The van der Waals surface area contributed by atoms with Gasteiger partial charge in [0, 0.05) is 5.69 Å². The minimum absolute atomic E-state index is 0.0288. The van der Waals surface area contributed by atoms with Crippen LogP contribution in [0, 0.1) is 11.3 Å². The molecule has 3 aromatic carbocycles. The van der Waals surface area contributed by atoms with E-state index in [4.69, 9.17) is 9.47 Å². The zero-order valence-corrected chi connectivity index (χ0v) is 17.7. The molecule has 1 amide bonds. The number of hydrogen-bond donors (Lipinski definition) is 2. The van der Waals surface area contributed by atoms with Crippen molar-refractivity contribution in [1.29, 1.82) is 5.26 Å². The number of carbonyl (C=O) groups is 1. The van der Waals surface area contributed by atoms with Gasteiger partial charge in [-0.1, -0.05) is 30.3 Å². The molecule has 0 unspecified atom stereocenters. The maximum absolute atomic E-state index is 12.7. The Kier molecular flexibility index (Phi) is 7.77. The van der Waals surface area contributed by atoms with Crippen molar-refractivity contribution < 1.29 is 32.5 Å². The van der Waals surface area contributed by atoms with Gasteiger partial charge in [0.1, 0.15) is 36.5 Å². The SMILES string of the molecule is N#CC(C(=O)Nc1ccc(C(F)(F)F)cc1)=C(O)c1ccccc1OCCOc1ccccc1. The first-order valence-electron chi connectivity index (χ1n) is 10.0. The molecule has 3 aromatic rings. The molecule has 0 aliphatic carbocycles. The molecule has 2 N–H and O–H groups in total. The Morgan fingerprint density at radius 1 is 0.912 bits per heavy atom. The highest BCUT2D eigenvalue weighted by atomic mass is 19.4. The summed E-state index contributed by atoms with van der Waals surface area (Å²) in [5.41, 5.74) is -1.38. The lowest BCUT2D eigenvalue weighted by molar-refractivity contribution is -0.137. The molecule has 0 spiro atoms. The number of alkyl halides is 3. The third-order valence-corrected chi connectivity index (χ3v) is 4.54. The van der Waals surface area contributed by atoms with Crippen LogP contribution in [0.1, 0.15) is 11.1 Å². The fourth-order valence-corrected chi connectivity index (χ4v) is 2.90. The molecule has 0 fully saturated rings. The van der Waals surface area contributed by atoms with Crippen LogP contribution < -0.4 is 14.8 Å². The molecular weight excluding hydrogens is 449 g/mol. The molecule has 0 aliphatic rings. The number of amides is 1. The number of nitriles is 1. The van der Waals surface area contributed by atoms with Gasteiger partial charge in [-0.2, -0.15) is 18.4 Å². The summed E-state index contributed by atoms with van der Waals surface area (Å²) < 4.78 is 49.3. The maximum Gasteiger partial charge on any atom is 0.416 e. The standard InChI is InChI=1S/C25H19F3N2O4/c26-25(27,28)17-10-12-18(13-11-17)30-24(32)21(16-29)23(31)20-8-4-5-9-22(20)34-15-14-33-19-6-2-1-3-7-19/h1-13,31H,14-15H2,(H,30,32). The van der Waals surface area contributed by atoms with Crippen molar-refractivity contribution in [3.05, 3.63) is 95.6 Å². The lowest BCUT2D eigenvalue weighted by atomic mass is 10.1. The van der Waals surface area contributed by atoms with Gasteiger partial charge in [0.05, 0.1) is 11.1 Å². The number of aliphatic hydroxyl groups is 1. The van der Waals surface area contributed by atoms with E-state index in [1.165, 1.54) is 6.07 Å². The topological polar surface area (TPSA) is 91.6 Å². The minimum Gasteiger partial charge on any atom is -0.506 e. The zero-order chi connectivity index (χ0) is 24.6. The molecule has 174 valence electrons. The number of nitrogens with zero attached hydrogens (tertiary/aromatic N) is 1. The summed E-state index contributed by atoms with van der Waals surface area (Å²) in [5, 5.41) is 22.4. The summed E-state index contributed by atoms with van der Waals surface area (Å²) in [6.45, 7) is 0.334. The van der Waals surface area contributed by atoms with Gasteiger partial charge >= 0.3 is 6.18 Å². The number of para-hydroxylation sites is 2. The number of hydrogen-bond acceptors (Lipinski definition) is 5. The van der Waals surface area contributed by atoms with Crippen molar-refractivity contribution >= 4 is 17.4 Å². The van der Waals surface area contributed by atoms with Gasteiger partial charge in [-0.25, -0.2) is 0 Å². The van der Waals surface area contributed by atoms with Crippen LogP contribution in [0.2, 0.25) is 0 Å². The van der Waals surface area contributed by atoms with Gasteiger partial charge in [-0.3, -0.25) is 4.79 Å². The van der Waals surface area contributed by atoms with Gasteiger partial charge in [-0.05, 0) is 48.5 Å². The number of nitrogens with one attached hydrogen (secondary N) is 1. The van der Waals surface area contributed by atoms with Crippen molar-refractivity contribution in [3.63, 3.8) is 0 Å². The van der Waals surface area contributed by atoms with Crippen LogP contribution in [0.4, 0.5) is 18.9 Å². The van der Waals surface area contributed by atoms with Crippen LogP contribution in [-0.4, -0.2) is 24.2 Å². The molecule has 0 saturated heterocycles. The van der Waals surface area contributed by atoms with Crippen molar-refractivity contribution in [1.82, 2.24) is 0 Å². The first-order chi connectivity index (χ1) is 16.3. The van der Waals surface area contributed by atoms with E-state index in [0.717, 1.165) is 24.3 Å². The largest absolute Gasteiger partial charge is 0.506 e. The highest BCUT2D eigenvalue weighted by Gasteiger charge is 2.30. The Balaban J connectivity index is 1.72. The number of ether oxygens (including phenoxy) is 2. The predicted octanol–water partition coefficient (Wildman–Crippen LogP) is 5.59. The molecule has 6 nitrogen and oxygen atoms in total. The van der Waals surface area contributed by atoms with Gasteiger partial charge < -0.3 is 19.9 Å². The molecular formula is C25H19F3N2O4. The first kappa shape index (κ1) is 24.2. The van der Waals surface area contributed by atoms with E-state index in [-0.39, 0.29) is 30.2 Å². The third kappa shape index (κ3) is 6.29. The second-order valence-electron chi connectivity index (χ2n) is 6.87. The second kappa shape index (κ2) is 10.9. The fraction of sp³-hybridized carbons (Fsp3) is 0.120. The van der Waals surface area contributed by atoms with Crippen LogP contribution in [0.25, 0.3) is 5.76 Å². The van der Waals surface area contributed by atoms with E-state index in [1.807, 2.05) is 18.2 Å². The molecule has 3 rings (SSSR count). The average molecular weight is 468 g/mol. The van der Waals surface area contributed by atoms with Gasteiger partial charge in [0.15, 0.2) is 5.57 Å². The molecule has 0 aromatic heterocycles. The zero-order valence-electron chi connectivity index (χ0n) is 17.7. The Labute approximate surface area is 193 Å². The second-order valence-corrected chi connectivity index (χ2v) is 6.87. The Hall–Kier alpha value is -4.45. The minimum atomic E-state index is -4.52. The van der Waals surface area contributed by atoms with Crippen molar-refractivity contribution in [2.45, 2.75) is 6.18 Å². The summed E-state index contributed by atoms with van der Waals surface area (Å²) >= 11 is 0. The number of benzene rings is 3. The quantitative estimate of drug-likeness (QED) is 0.195.